The van der Waals surface area contributed by atoms with Crippen LogP contribution in [0.3, 0.4) is 0 Å². The van der Waals surface area contributed by atoms with Crippen LogP contribution in [0.5, 0.6) is 0 Å². The van der Waals surface area contributed by atoms with Crippen LogP contribution in [-0.2, 0) is 19.8 Å². The summed E-state index contributed by atoms with van der Waals surface area (Å²) in [6.07, 6.45) is -4.50. The zero-order chi connectivity index (χ0) is 19.5. The highest BCUT2D eigenvalue weighted by Gasteiger charge is 2.37. The van der Waals surface area contributed by atoms with Crippen molar-refractivity contribution in [2.24, 2.45) is 0 Å². The van der Waals surface area contributed by atoms with E-state index in [-0.39, 0.29) is 11.3 Å². The second kappa shape index (κ2) is 8.01. The van der Waals surface area contributed by atoms with E-state index in [9.17, 15) is 17.7 Å². The maximum absolute atomic E-state index is 13.2. The number of anilines is 1. The summed E-state index contributed by atoms with van der Waals surface area (Å²) in [6.45, 7) is 1.34. The van der Waals surface area contributed by atoms with Gasteiger partial charge in [-0.15, -0.1) is 0 Å². The quantitative estimate of drug-likeness (QED) is 0.574. The van der Waals surface area contributed by atoms with Gasteiger partial charge in [0.05, 0.1) is 5.56 Å². The Balaban J connectivity index is 2.52. The van der Waals surface area contributed by atoms with Gasteiger partial charge in [-0.2, -0.15) is 13.2 Å². The zero-order valence-electron chi connectivity index (χ0n) is 14.3. The Hall–Kier alpha value is -1.53. The van der Waals surface area contributed by atoms with Gasteiger partial charge < -0.3 is 14.4 Å². The van der Waals surface area contributed by atoms with Crippen molar-refractivity contribution in [1.29, 1.82) is 0 Å². The maximum atomic E-state index is 13.2. The normalized spacial score (nSPS) is 13.5. The fraction of sp³-hybridized carbons (Fsp3) is 0.294. The van der Waals surface area contributed by atoms with Gasteiger partial charge in [0.15, 0.2) is 5.78 Å². The number of halogens is 4. The predicted molar refractivity (Wildman–Crippen MR) is 95.6 cm³/mol. The fourth-order valence-electron chi connectivity index (χ4n) is 2.52. The summed E-state index contributed by atoms with van der Waals surface area (Å²) in [6, 6.07) is 10.1. The SMILES string of the molecule is COP(=O)(OC)C(Nc1cccc(C(F)(F)F)c1C)c1ccc(Cl)cc1. The van der Waals surface area contributed by atoms with Crippen LogP contribution in [0.15, 0.2) is 42.5 Å². The molecule has 2 rings (SSSR count). The van der Waals surface area contributed by atoms with Crippen LogP contribution in [0.1, 0.15) is 22.5 Å². The number of benzene rings is 2. The van der Waals surface area contributed by atoms with Gasteiger partial charge in [-0.3, -0.25) is 4.57 Å². The van der Waals surface area contributed by atoms with Crippen LogP contribution in [0.25, 0.3) is 0 Å². The van der Waals surface area contributed by atoms with Crippen molar-refractivity contribution in [2.75, 3.05) is 19.5 Å². The number of alkyl halides is 3. The van der Waals surface area contributed by atoms with Gasteiger partial charge in [-0.1, -0.05) is 29.8 Å². The van der Waals surface area contributed by atoms with Crippen molar-refractivity contribution >= 4 is 24.9 Å². The molecule has 2 aromatic carbocycles. The molecule has 1 unspecified atom stereocenters. The Bertz CT molecular complexity index is 804. The Kier molecular flexibility index (Phi) is 6.40. The van der Waals surface area contributed by atoms with Crippen LogP contribution >= 0.6 is 19.2 Å². The fourth-order valence-corrected chi connectivity index (χ4v) is 4.05. The van der Waals surface area contributed by atoms with Gasteiger partial charge in [-0.25, -0.2) is 0 Å². The van der Waals surface area contributed by atoms with Crippen LogP contribution in [0, 0.1) is 6.92 Å². The van der Waals surface area contributed by atoms with Crippen molar-refractivity contribution < 1.29 is 26.8 Å². The molecule has 0 bridgehead atoms. The van der Waals surface area contributed by atoms with E-state index in [4.69, 9.17) is 20.6 Å². The van der Waals surface area contributed by atoms with Crippen LogP contribution in [0.2, 0.25) is 5.02 Å². The third-order valence-electron chi connectivity index (χ3n) is 3.94. The number of hydrogen-bond acceptors (Lipinski definition) is 4. The van der Waals surface area contributed by atoms with Gasteiger partial charge in [0.2, 0.25) is 0 Å². The molecule has 0 heterocycles. The van der Waals surface area contributed by atoms with Crippen molar-refractivity contribution in [2.45, 2.75) is 18.9 Å². The summed E-state index contributed by atoms with van der Waals surface area (Å²) in [5.41, 5.74) is -0.118. The molecule has 26 heavy (non-hydrogen) atoms. The van der Waals surface area contributed by atoms with E-state index >= 15 is 0 Å². The minimum Gasteiger partial charge on any atom is -0.368 e. The van der Waals surface area contributed by atoms with Crippen molar-refractivity contribution in [3.63, 3.8) is 0 Å². The van der Waals surface area contributed by atoms with Gasteiger partial charge in [0.25, 0.3) is 0 Å². The molecule has 4 nitrogen and oxygen atoms in total. The van der Waals surface area contributed by atoms with Crippen molar-refractivity contribution in [3.8, 4) is 0 Å². The molecule has 0 fully saturated rings. The molecular formula is C17H18ClF3NO3P. The molecule has 0 spiro atoms. The van der Waals surface area contributed by atoms with Gasteiger partial charge in [-0.05, 0) is 42.3 Å². The largest absolute Gasteiger partial charge is 0.416 e. The highest BCUT2D eigenvalue weighted by atomic mass is 35.5. The first-order chi connectivity index (χ1) is 12.1. The predicted octanol–water partition coefficient (Wildman–Crippen LogP) is 6.26. The van der Waals surface area contributed by atoms with E-state index in [2.05, 4.69) is 5.32 Å². The van der Waals surface area contributed by atoms with E-state index in [1.165, 1.54) is 33.3 Å². The van der Waals surface area contributed by atoms with Crippen molar-refractivity contribution in [1.82, 2.24) is 0 Å². The monoisotopic (exact) mass is 407 g/mol. The molecule has 1 N–H and O–H groups in total. The molecule has 0 aliphatic carbocycles. The first-order valence-corrected chi connectivity index (χ1v) is 9.51. The lowest BCUT2D eigenvalue weighted by atomic mass is 10.1. The van der Waals surface area contributed by atoms with E-state index < -0.39 is 25.1 Å². The Morgan fingerprint density at radius 1 is 1.08 bits per heavy atom. The average molecular weight is 408 g/mol. The minimum atomic E-state index is -4.50. The van der Waals surface area contributed by atoms with Gasteiger partial charge >= 0.3 is 13.8 Å². The minimum absolute atomic E-state index is 0.0160. The highest BCUT2D eigenvalue weighted by molar-refractivity contribution is 7.54. The number of nitrogens with one attached hydrogen (secondary N) is 1. The summed E-state index contributed by atoms with van der Waals surface area (Å²) >= 11 is 5.88. The van der Waals surface area contributed by atoms with E-state index in [1.54, 1.807) is 24.3 Å². The summed E-state index contributed by atoms with van der Waals surface area (Å²) in [5, 5.41) is 3.35. The summed E-state index contributed by atoms with van der Waals surface area (Å²) in [5.74, 6) is -1.02. The number of rotatable bonds is 6. The third-order valence-corrected chi connectivity index (χ3v) is 6.27. The number of hydrogen-bond donors (Lipinski definition) is 1. The Morgan fingerprint density at radius 2 is 1.65 bits per heavy atom. The Labute approximate surface area is 154 Å². The van der Waals surface area contributed by atoms with Crippen LogP contribution in [-0.4, -0.2) is 14.2 Å². The maximum Gasteiger partial charge on any atom is 0.416 e. The Morgan fingerprint density at radius 3 is 2.15 bits per heavy atom. The molecule has 0 amide bonds. The summed E-state index contributed by atoms with van der Waals surface area (Å²) < 4.78 is 62.5. The molecule has 0 aliphatic heterocycles. The summed E-state index contributed by atoms with van der Waals surface area (Å²) in [7, 11) is -1.27. The first-order valence-electron chi connectivity index (χ1n) is 7.52. The van der Waals surface area contributed by atoms with Gasteiger partial charge in [0.1, 0.15) is 0 Å². The highest BCUT2D eigenvalue weighted by Crippen LogP contribution is 2.60. The lowest BCUT2D eigenvalue weighted by molar-refractivity contribution is -0.138. The second-order valence-electron chi connectivity index (χ2n) is 5.48. The smallest absolute Gasteiger partial charge is 0.368 e. The van der Waals surface area contributed by atoms with Crippen molar-refractivity contribution in [3.05, 3.63) is 64.2 Å². The molecule has 2 aromatic rings. The molecule has 142 valence electrons. The molecule has 0 saturated heterocycles. The first kappa shape index (κ1) is 20.8. The zero-order valence-corrected chi connectivity index (χ0v) is 16.0. The van der Waals surface area contributed by atoms with E-state index in [0.29, 0.717) is 10.6 Å². The molecule has 1 atom stereocenters. The van der Waals surface area contributed by atoms with E-state index in [1.807, 2.05) is 0 Å². The lowest BCUT2D eigenvalue weighted by Crippen LogP contribution is -2.16. The van der Waals surface area contributed by atoms with Crippen LogP contribution < -0.4 is 5.32 Å². The standard InChI is InChI=1S/C17H18ClF3NO3P/c1-11-14(17(19,20)21)5-4-6-15(11)22-16(26(23,24-2)25-3)12-7-9-13(18)10-8-12/h4-10,16,22H,1-3H3. The summed E-state index contributed by atoms with van der Waals surface area (Å²) in [4.78, 5) is 0. The topological polar surface area (TPSA) is 47.6 Å². The molecular weight excluding hydrogens is 390 g/mol. The molecule has 0 saturated carbocycles. The molecule has 0 aliphatic rings. The van der Waals surface area contributed by atoms with E-state index in [0.717, 1.165) is 6.07 Å². The molecule has 0 aromatic heterocycles. The second-order valence-corrected chi connectivity index (χ2v) is 8.24. The third kappa shape index (κ3) is 4.41. The van der Waals surface area contributed by atoms with Gasteiger partial charge in [0, 0.05) is 24.9 Å². The lowest BCUT2D eigenvalue weighted by Gasteiger charge is -2.27. The van der Waals surface area contributed by atoms with Crippen LogP contribution in [0.4, 0.5) is 18.9 Å². The molecule has 9 heteroatoms. The average Bonchev–Trinajstić information content (AvgIpc) is 2.60. The molecule has 0 radical (unpaired) electrons.